The lowest BCUT2D eigenvalue weighted by Crippen LogP contribution is -2.51. The highest BCUT2D eigenvalue weighted by molar-refractivity contribution is 5.77. The van der Waals surface area contributed by atoms with Crippen molar-refractivity contribution < 1.29 is 212 Å². The number of esters is 4. The number of ether oxygens (including phenoxy) is 12. The Labute approximate surface area is 857 Å². The number of hydrogen-bond acceptors (Lipinski definition) is 24. The average Bonchev–Trinajstić information content (AvgIpc) is 0.632. The van der Waals surface area contributed by atoms with E-state index in [4.69, 9.17) is 187 Å². The fourth-order valence-corrected chi connectivity index (χ4v) is 11.3. The molecule has 0 radical (unpaired) electrons. The van der Waals surface area contributed by atoms with Crippen LogP contribution in [-0.2, 0) is 63.6 Å². The molecule has 8 heterocycles. The van der Waals surface area contributed by atoms with Crippen LogP contribution in [0.2, 0.25) is 0 Å². The van der Waals surface area contributed by atoms with Crippen LogP contribution < -0.4 is 60.8 Å². The highest BCUT2D eigenvalue weighted by atomic mass is 16.6. The second-order valence-corrected chi connectivity index (χ2v) is 24.9. The van der Waals surface area contributed by atoms with E-state index >= 15 is 0 Å². The fourth-order valence-electron chi connectivity index (χ4n) is 11.3. The Morgan fingerprint density at radius 1 is 0.367 bits per heavy atom. The van der Waals surface area contributed by atoms with Gasteiger partial charge in [-0.25, -0.2) is 0 Å². The predicted octanol–water partition coefficient (Wildman–Crippen LogP) is 14.3. The summed E-state index contributed by atoms with van der Waals surface area (Å²) < 4.78 is 895. The van der Waals surface area contributed by atoms with E-state index in [9.17, 15) is 48.0 Å². The molecule has 24 heteroatoms. The van der Waals surface area contributed by atoms with Gasteiger partial charge in [-0.2, -0.15) is 0 Å². The largest absolute Gasteiger partial charge is 0.493 e. The number of hydrogen-bond donors (Lipinski definition) is 4. The Morgan fingerprint density at radius 2 is 0.600 bits per heavy atom. The minimum atomic E-state index is -4.84. The van der Waals surface area contributed by atoms with Gasteiger partial charge in [0.25, 0.3) is 0 Å². The first kappa shape index (κ1) is 29.2. The lowest BCUT2D eigenvalue weighted by Gasteiger charge is -2.47. The molecule has 0 aliphatic carbocycles. The molecule has 8 N–H and O–H groups in total. The lowest BCUT2D eigenvalue weighted by atomic mass is 9.79. The zero-order valence-electron chi connectivity index (χ0n) is 164. The lowest BCUT2D eigenvalue weighted by molar-refractivity contribution is -0.161. The highest BCUT2D eigenvalue weighted by Crippen LogP contribution is 2.50. The molecule has 4 fully saturated rings. The van der Waals surface area contributed by atoms with Gasteiger partial charge in [-0.1, -0.05) is 110 Å². The summed E-state index contributed by atoms with van der Waals surface area (Å²) in [4.78, 5) is 54.3. The highest BCUT2D eigenvalue weighted by Gasteiger charge is 2.47. The second-order valence-electron chi connectivity index (χ2n) is 24.9. The molecule has 0 spiro atoms. The van der Waals surface area contributed by atoms with Crippen molar-refractivity contribution in [2.24, 2.45) is 93.7 Å². The number of benzene rings is 4. The van der Waals surface area contributed by atoms with E-state index in [-0.39, 0.29) is 49.5 Å². The molecule has 8 aliphatic rings. The molecule has 0 saturated carbocycles. The second kappa shape index (κ2) is 43.9. The van der Waals surface area contributed by atoms with Gasteiger partial charge in [0, 0.05) is 246 Å². The van der Waals surface area contributed by atoms with Crippen LogP contribution in [0.25, 0.3) is 0 Å². The van der Waals surface area contributed by atoms with Crippen LogP contribution in [0.3, 0.4) is 0 Å². The molecule has 672 valence electrons. The summed E-state index contributed by atoms with van der Waals surface area (Å²) in [6.07, 6.45) is -63.6. The summed E-state index contributed by atoms with van der Waals surface area (Å²) in [7, 11) is -0.330. The molecule has 0 amide bonds. The first-order valence-corrected chi connectivity index (χ1v) is 34.2. The number of nitrogens with two attached hydrogens (primary N) is 4. The Morgan fingerprint density at radius 3 is 0.850 bits per heavy atom. The number of piperidine rings is 4. The molecular weight excluding hydrogens is 1520 g/mol. The van der Waals surface area contributed by atoms with Gasteiger partial charge in [0.2, 0.25) is 0 Å². The SMILES string of the molecule is [2H]C([2H])([2H])C([2H])(C)C([2H])([2H])C1([2H])C([2H])([2H])N2C(c3cc(OC)c(OC)cc3C([2H])([2H])C2([2H])[2H])C([2H])([2H])C1([2H])OC(=O)[C@@]([2H])(N)C([2H])(C([2H])([2H])[2H])C([2H])([2H])[2H].[2H]C([2H])([2H])Oc1cc2c(cc1OC)C1N(C([2H])([2H])C2([2H])[2H])C([2H])([2H])C([2H])(C([2H])([2H])C([2H])(C)C([2H])([2H])[2H])C(OC(=O)[C@@]([2H])(N)C([2H])(C([2H])([2H])[2H])C([2H])([2H])[2H])C1([2H])[2H].[2H]C([2H])([2H])Oc1cc2c(cc1OC)C1N(C([2H])([2H])C2([2H])[2H])C([2H])([2H])C([2H])(C([2H])([2H])C([2H])(C)C([2H])([2H])[2H])C(OC(=O)[C@@]([2H])(N)C([2H])(C([2H])([2H])[2H])C([2H])([2H])[2H])C1([2H])[2H].[2H]C1([2H])C2c3cc(OC)c(OC)cc3C([2H])([2H])C([2H])([2H])N2C([2H])([2H])C([2H])(C([2H])([2H])C([2H])(C)C([2H])([2H])[2H])C1OC(=O)[C@@]([2H])(N)C([2H])(C([2H])([2H])[2H])C([2H])([2H])[2H]. The maximum atomic E-state index is 13.9. The van der Waals surface area contributed by atoms with E-state index in [0.29, 0.717) is 45.0 Å². The molecule has 20 atom stereocenters. The minimum Gasteiger partial charge on any atom is -0.493 e. The number of carbonyl (C=O) groups is 4. The van der Waals surface area contributed by atoms with Crippen molar-refractivity contribution in [3.63, 3.8) is 0 Å². The molecule has 24 nitrogen and oxygen atoms in total. The van der Waals surface area contributed by atoms with Gasteiger partial charge in [-0.05, 0) is 191 Å². The standard InChI is InChI=1S/4C24H38N2O4/c4*1-14(2)9-17-13-26-8-7-16-10-21(28-5)22(29-6)11-18(16)19(26)12-20(17)30-24(27)23(25)15(3)4/h4*10-11,14-15,17,19-20,23H,7-9,12-13,25H2,1-6H3/t4*17?,19?,20?,23-/m0000/s1/i1D3,3D3,4D3,7D2,8D2,9D2,12D2,13D2,14D,15D,17D,20D,23D;2*1D3,3D3,4D3,5D3,7D2,8D2,9D2,12D2,13D2,14D,15D,17D,23D;1D3,3D3,4D3,7D2,8D2,9D2,12D2,13D2,14D,15D,17D,23D/t4*14?,17?,19?,20?,23-. The van der Waals surface area contributed by atoms with Gasteiger partial charge < -0.3 is 79.8 Å². The molecule has 16 unspecified atom stereocenters. The molecule has 120 heavy (non-hydrogen) atoms. The van der Waals surface area contributed by atoms with Crippen LogP contribution in [0, 0.1) is 70.7 Å². The topological polar surface area (TPSA) is 296 Å². The third-order valence-electron chi connectivity index (χ3n) is 16.7. The van der Waals surface area contributed by atoms with Gasteiger partial charge in [0.15, 0.2) is 46.0 Å². The van der Waals surface area contributed by atoms with Crippen molar-refractivity contribution in [3.05, 3.63) is 93.0 Å². The third kappa shape index (κ3) is 23.8. The number of methoxy groups -OCH3 is 8. The van der Waals surface area contributed by atoms with Crippen LogP contribution >= 0.6 is 0 Å². The van der Waals surface area contributed by atoms with Crippen LogP contribution in [0.4, 0.5) is 0 Å². The first-order chi connectivity index (χ1) is 95.1. The van der Waals surface area contributed by atoms with Gasteiger partial charge in [-0.15, -0.1) is 0 Å². The van der Waals surface area contributed by atoms with Crippen molar-refractivity contribution in [1.82, 2.24) is 19.6 Å². The normalized spacial score (nSPS) is 52.1. The smallest absolute Gasteiger partial charge is 0.323 e. The van der Waals surface area contributed by atoms with E-state index in [1.54, 1.807) is 0 Å². The molecular formula is C96H152N8O16. The van der Waals surface area contributed by atoms with Crippen molar-refractivity contribution in [1.29, 1.82) is 0 Å². The number of aryl methyl sites for hydroxylation is 4. The maximum Gasteiger partial charge on any atom is 0.323 e. The van der Waals surface area contributed by atoms with Crippen LogP contribution in [-0.4, -0.2) is 201 Å². The zero-order valence-corrected chi connectivity index (χ0v) is 64.8. The maximum absolute atomic E-state index is 13.9. The first-order valence-electron chi connectivity index (χ1n) is 83.7. The molecule has 12 rings (SSSR count). The molecule has 0 bridgehead atoms. The van der Waals surface area contributed by atoms with E-state index < -0.39 is 459 Å². The summed E-state index contributed by atoms with van der Waals surface area (Å²) in [5.41, 5.74) is 15.8. The van der Waals surface area contributed by atoms with Crippen molar-refractivity contribution in [3.8, 4) is 46.0 Å². The Hall–Kier alpha value is -7.16. The van der Waals surface area contributed by atoms with Crippen LogP contribution in [0.5, 0.6) is 46.0 Å². The molecule has 0 aromatic heterocycles. The Balaban J connectivity index is 0.000000314. The summed E-state index contributed by atoms with van der Waals surface area (Å²) in [5, 5.41) is 0. The number of rotatable bonds is 28. The predicted molar refractivity (Wildman–Crippen MR) is 471 cm³/mol. The number of fused-ring (bicyclic) bond motifs is 12. The molecule has 4 saturated heterocycles. The van der Waals surface area contributed by atoms with E-state index in [2.05, 4.69) is 0 Å². The average molecular weight is 1770 g/mol. The van der Waals surface area contributed by atoms with Crippen molar-refractivity contribution in [2.45, 2.75) is 259 Å². The van der Waals surface area contributed by atoms with E-state index in [1.807, 2.05) is 0 Å². The molecule has 4 aromatic rings. The molecule has 8 aliphatic heterocycles. The van der Waals surface area contributed by atoms with Crippen LogP contribution in [0.1, 0.15) is 365 Å². The summed E-state index contributed by atoms with van der Waals surface area (Å²) >= 11 is 0. The Bertz CT molecular complexity index is 8350. The van der Waals surface area contributed by atoms with Gasteiger partial charge in [0.1, 0.15) is 48.5 Å². The van der Waals surface area contributed by atoms with Gasteiger partial charge >= 0.3 is 23.9 Å². The van der Waals surface area contributed by atoms with Gasteiger partial charge in [-0.3, -0.25) is 38.8 Å². The monoisotopic (exact) mass is 1770 g/mol. The van der Waals surface area contributed by atoms with Gasteiger partial charge in [0.05, 0.1) is 71.8 Å². The molecule has 4 aromatic carbocycles. The number of nitrogens with zero attached hydrogens (tertiary/aromatic N) is 4. The fraction of sp³-hybridized carbons (Fsp3) is 0.708. The zero-order chi connectivity index (χ0) is 175. The quantitative estimate of drug-likeness (QED) is 0.0303. The summed E-state index contributed by atoms with van der Waals surface area (Å²) in [6, 6.07) is -22.7. The van der Waals surface area contributed by atoms with E-state index in [0.717, 1.165) is 66.9 Å². The third-order valence-corrected chi connectivity index (χ3v) is 16.7. The van der Waals surface area contributed by atoms with E-state index in [1.165, 1.54) is 0 Å². The summed E-state index contributed by atoms with van der Waals surface area (Å²) in [5.74, 6) is -65.8. The minimum absolute atomic E-state index is 0.237. The Kier molecular flexibility index (Phi) is 10.7. The van der Waals surface area contributed by atoms with Crippen LogP contribution in [0.15, 0.2) is 48.5 Å². The van der Waals surface area contributed by atoms with Crippen molar-refractivity contribution in [2.75, 3.05) is 109 Å². The summed E-state index contributed by atoms with van der Waals surface area (Å²) in [6.45, 7) is -80.9. The van der Waals surface area contributed by atoms with Crippen molar-refractivity contribution >= 4 is 23.9 Å². The number of carbonyl (C=O) groups excluding carboxylic acids is 4.